The lowest BCUT2D eigenvalue weighted by Gasteiger charge is -2.39. The monoisotopic (exact) mass is 524 g/mol. The predicted octanol–water partition coefficient (Wildman–Crippen LogP) is 3.32. The highest BCUT2D eigenvalue weighted by atomic mass is 35.5. The van der Waals surface area contributed by atoms with E-state index in [1.165, 1.54) is 21.8 Å². The molecule has 37 heavy (non-hydrogen) atoms. The van der Waals surface area contributed by atoms with E-state index in [0.717, 1.165) is 19.0 Å². The number of rotatable bonds is 5. The summed E-state index contributed by atoms with van der Waals surface area (Å²) >= 11 is 6.54. The van der Waals surface area contributed by atoms with Crippen molar-refractivity contribution in [3.63, 3.8) is 0 Å². The van der Waals surface area contributed by atoms with Crippen molar-refractivity contribution in [1.82, 2.24) is 28.8 Å². The van der Waals surface area contributed by atoms with E-state index in [0.29, 0.717) is 53.5 Å². The number of halogens is 2. The lowest BCUT2D eigenvalue weighted by atomic mass is 9.90. The summed E-state index contributed by atoms with van der Waals surface area (Å²) in [7, 11) is 0. The van der Waals surface area contributed by atoms with E-state index >= 15 is 0 Å². The summed E-state index contributed by atoms with van der Waals surface area (Å²) < 4.78 is 17.9. The number of hydrogen-bond donors (Lipinski definition) is 1. The van der Waals surface area contributed by atoms with Crippen LogP contribution in [-0.4, -0.2) is 58.5 Å². The van der Waals surface area contributed by atoms with E-state index < -0.39 is 11.4 Å². The fourth-order valence-corrected chi connectivity index (χ4v) is 5.33. The quantitative estimate of drug-likeness (QED) is 0.432. The molecule has 2 aliphatic rings. The van der Waals surface area contributed by atoms with Crippen molar-refractivity contribution in [3.05, 3.63) is 70.4 Å². The summed E-state index contributed by atoms with van der Waals surface area (Å²) in [5.74, 6) is -0.291. The largest absolute Gasteiger partial charge is 0.388 e. The minimum atomic E-state index is -1.11. The van der Waals surface area contributed by atoms with Crippen LogP contribution >= 0.6 is 11.6 Å². The van der Waals surface area contributed by atoms with E-state index in [1.54, 1.807) is 28.8 Å². The average Bonchev–Trinajstić information content (AvgIpc) is 3.32. The van der Waals surface area contributed by atoms with Crippen molar-refractivity contribution in [1.29, 1.82) is 0 Å². The zero-order valence-electron chi connectivity index (χ0n) is 20.3. The fourth-order valence-electron chi connectivity index (χ4n) is 5.05. The molecule has 1 saturated carbocycles. The molecule has 1 N–H and O–H groups in total. The Labute approximate surface area is 216 Å². The van der Waals surface area contributed by atoms with E-state index in [2.05, 4.69) is 10.1 Å². The second kappa shape index (κ2) is 8.53. The normalized spacial score (nSPS) is 18.3. The van der Waals surface area contributed by atoms with Crippen molar-refractivity contribution < 1.29 is 14.3 Å². The number of aromatic nitrogens is 5. The highest BCUT2D eigenvalue weighted by molar-refractivity contribution is 6.31. The number of carbonyl (C=O) groups excluding carboxylic acids is 1. The third-order valence-electron chi connectivity index (χ3n) is 7.61. The van der Waals surface area contributed by atoms with Gasteiger partial charge in [0.2, 0.25) is 5.91 Å². The highest BCUT2D eigenvalue weighted by Gasteiger charge is 2.48. The molecule has 0 radical (unpaired) electrons. The zero-order valence-corrected chi connectivity index (χ0v) is 21.0. The Kier molecular flexibility index (Phi) is 5.50. The molecule has 4 aromatic rings. The number of nitrogens with zero attached hydrogens (tertiary/aromatic N) is 6. The molecule has 0 unspecified atom stereocenters. The van der Waals surface area contributed by atoms with Gasteiger partial charge in [0, 0.05) is 18.5 Å². The van der Waals surface area contributed by atoms with Crippen LogP contribution in [0.2, 0.25) is 5.15 Å². The van der Waals surface area contributed by atoms with E-state index in [4.69, 9.17) is 11.6 Å². The average molecular weight is 525 g/mol. The SMILES string of the molecule is CC1(C(=O)N2CCC(O)(Cn3cnc4c(cc(Cl)n4-c4cccc(-n5cc(F)cn5)c4)c3=O)CC2)CC1. The molecule has 6 rings (SSSR count). The predicted molar refractivity (Wildman–Crippen MR) is 136 cm³/mol. The molecular formula is C26H26ClFN6O3. The van der Waals surface area contributed by atoms with Gasteiger partial charge in [-0.3, -0.25) is 18.7 Å². The number of aliphatic hydroxyl groups is 1. The molecule has 4 heterocycles. The Morgan fingerprint density at radius 1 is 1.16 bits per heavy atom. The van der Waals surface area contributed by atoms with Crippen LogP contribution < -0.4 is 5.56 Å². The van der Waals surface area contributed by atoms with Crippen molar-refractivity contribution in [2.45, 2.75) is 44.8 Å². The Bertz CT molecular complexity index is 1580. The summed E-state index contributed by atoms with van der Waals surface area (Å²) in [6.07, 6.45) is 6.43. The third kappa shape index (κ3) is 4.23. The smallest absolute Gasteiger partial charge is 0.262 e. The van der Waals surface area contributed by atoms with Gasteiger partial charge in [0.25, 0.3) is 5.56 Å². The van der Waals surface area contributed by atoms with Crippen molar-refractivity contribution in [2.24, 2.45) is 5.41 Å². The summed E-state index contributed by atoms with van der Waals surface area (Å²) in [6.45, 7) is 3.00. The Balaban J connectivity index is 1.26. The molecule has 1 aromatic carbocycles. The number of carbonyl (C=O) groups is 1. The standard InChI is InChI=1S/C26H26ClFN6O3/c1-25(5-6-25)24(36)31-9-7-26(37,8-10-31)15-32-16-29-22-20(23(32)35)12-21(27)34(22)19-4-2-3-18(11-19)33-14-17(28)13-30-33/h2-4,11-14,16,37H,5-10,15H2,1H3. The molecule has 0 bridgehead atoms. The Morgan fingerprint density at radius 2 is 1.89 bits per heavy atom. The number of benzene rings is 1. The number of likely N-dealkylation sites (tertiary alicyclic amines) is 1. The van der Waals surface area contributed by atoms with Crippen molar-refractivity contribution in [3.8, 4) is 11.4 Å². The molecule has 2 fully saturated rings. The number of amides is 1. The molecule has 0 spiro atoms. The Hall–Kier alpha value is -3.50. The summed E-state index contributed by atoms with van der Waals surface area (Å²) in [4.78, 5) is 32.4. The van der Waals surface area contributed by atoms with Crippen LogP contribution in [0.5, 0.6) is 0 Å². The van der Waals surface area contributed by atoms with Crippen LogP contribution in [0, 0.1) is 11.2 Å². The first-order chi connectivity index (χ1) is 17.7. The van der Waals surface area contributed by atoms with Crippen molar-refractivity contribution >= 4 is 28.5 Å². The minimum Gasteiger partial charge on any atom is -0.388 e. The molecule has 1 saturated heterocycles. The third-order valence-corrected chi connectivity index (χ3v) is 7.88. The van der Waals surface area contributed by atoms with Gasteiger partial charge in [-0.25, -0.2) is 14.1 Å². The highest BCUT2D eigenvalue weighted by Crippen LogP contribution is 2.47. The van der Waals surface area contributed by atoms with Crippen LogP contribution in [0.3, 0.4) is 0 Å². The molecular weight excluding hydrogens is 499 g/mol. The van der Waals surface area contributed by atoms with Gasteiger partial charge in [0.15, 0.2) is 11.5 Å². The molecule has 1 aliphatic carbocycles. The Morgan fingerprint density at radius 3 is 2.57 bits per heavy atom. The van der Waals surface area contributed by atoms with Crippen LogP contribution in [0.4, 0.5) is 4.39 Å². The van der Waals surface area contributed by atoms with Gasteiger partial charge in [0.1, 0.15) is 11.5 Å². The van der Waals surface area contributed by atoms with Gasteiger partial charge in [-0.05, 0) is 49.9 Å². The van der Waals surface area contributed by atoms with E-state index in [9.17, 15) is 19.1 Å². The molecule has 1 aliphatic heterocycles. The van der Waals surface area contributed by atoms with E-state index in [1.807, 2.05) is 17.9 Å². The lowest BCUT2D eigenvalue weighted by Crippen LogP contribution is -2.51. The molecule has 0 atom stereocenters. The second-order valence-corrected chi connectivity index (χ2v) is 10.8. The van der Waals surface area contributed by atoms with Gasteiger partial charge >= 0.3 is 0 Å². The second-order valence-electron chi connectivity index (χ2n) is 10.4. The maximum absolute atomic E-state index is 13.4. The minimum absolute atomic E-state index is 0.0806. The maximum Gasteiger partial charge on any atom is 0.262 e. The number of fused-ring (bicyclic) bond motifs is 1. The first-order valence-corrected chi connectivity index (χ1v) is 12.6. The number of hydrogen-bond acceptors (Lipinski definition) is 5. The van der Waals surface area contributed by atoms with Gasteiger partial charge < -0.3 is 10.0 Å². The summed E-state index contributed by atoms with van der Waals surface area (Å²) in [5.41, 5.74) is -0.0239. The van der Waals surface area contributed by atoms with Gasteiger partial charge in [-0.1, -0.05) is 24.6 Å². The van der Waals surface area contributed by atoms with E-state index in [-0.39, 0.29) is 23.4 Å². The lowest BCUT2D eigenvalue weighted by molar-refractivity contribution is -0.141. The molecule has 3 aromatic heterocycles. The van der Waals surface area contributed by atoms with Crippen LogP contribution in [-0.2, 0) is 11.3 Å². The first-order valence-electron chi connectivity index (χ1n) is 12.3. The summed E-state index contributed by atoms with van der Waals surface area (Å²) in [5, 5.41) is 15.8. The molecule has 9 nitrogen and oxygen atoms in total. The first kappa shape index (κ1) is 23.9. The van der Waals surface area contributed by atoms with Gasteiger partial charge in [0.05, 0.1) is 41.3 Å². The molecule has 11 heteroatoms. The number of piperidine rings is 1. The van der Waals surface area contributed by atoms with Crippen LogP contribution in [0.15, 0.2) is 53.8 Å². The topological polar surface area (TPSA) is 98.2 Å². The molecule has 192 valence electrons. The summed E-state index contributed by atoms with van der Waals surface area (Å²) in [6, 6.07) is 8.70. The van der Waals surface area contributed by atoms with Crippen LogP contribution in [0.25, 0.3) is 22.4 Å². The van der Waals surface area contributed by atoms with Crippen molar-refractivity contribution in [2.75, 3.05) is 13.1 Å². The fraction of sp³-hybridized carbons (Fsp3) is 0.385. The molecule has 1 amide bonds. The van der Waals surface area contributed by atoms with Gasteiger partial charge in [-0.2, -0.15) is 5.10 Å². The van der Waals surface area contributed by atoms with Gasteiger partial charge in [-0.15, -0.1) is 0 Å². The van der Waals surface area contributed by atoms with Crippen LogP contribution in [0.1, 0.15) is 32.6 Å². The maximum atomic E-state index is 13.4. The zero-order chi connectivity index (χ0) is 25.9.